The van der Waals surface area contributed by atoms with Gasteiger partial charge in [-0.25, -0.2) is 22.9 Å². The summed E-state index contributed by atoms with van der Waals surface area (Å²) in [6, 6.07) is -0.0778. The number of methoxy groups -OCH3 is 1. The predicted molar refractivity (Wildman–Crippen MR) is 83.3 cm³/mol. The summed E-state index contributed by atoms with van der Waals surface area (Å²) in [5, 5.41) is 0.611. The summed E-state index contributed by atoms with van der Waals surface area (Å²) >= 11 is 2.75. The molecule has 1 fully saturated rings. The van der Waals surface area contributed by atoms with Crippen LogP contribution in [0.15, 0.2) is 9.72 Å². The Morgan fingerprint density at radius 3 is 2.67 bits per heavy atom. The summed E-state index contributed by atoms with van der Waals surface area (Å²) in [6.07, 6.45) is 5.71. The molecule has 0 radical (unpaired) electrons. The van der Waals surface area contributed by atoms with E-state index in [4.69, 9.17) is 0 Å². The van der Waals surface area contributed by atoms with Crippen molar-refractivity contribution in [2.24, 2.45) is 0 Å². The van der Waals surface area contributed by atoms with Gasteiger partial charge in [-0.1, -0.05) is 0 Å². The molecule has 0 aromatic carbocycles. The molecule has 0 atom stereocenters. The van der Waals surface area contributed by atoms with Crippen LogP contribution in [0, 0.1) is 0 Å². The number of esters is 1. The summed E-state index contributed by atoms with van der Waals surface area (Å²) < 4.78 is 32.0. The highest BCUT2D eigenvalue weighted by molar-refractivity contribution is 7.99. The Kier molecular flexibility index (Phi) is 5.64. The zero-order valence-electron chi connectivity index (χ0n) is 11.9. The van der Waals surface area contributed by atoms with Crippen molar-refractivity contribution in [3.05, 3.63) is 11.2 Å². The number of thiazole rings is 1. The van der Waals surface area contributed by atoms with Crippen LogP contribution in [0.2, 0.25) is 0 Å². The number of aromatic nitrogens is 1. The molecular weight excluding hydrogens is 332 g/mol. The van der Waals surface area contributed by atoms with E-state index < -0.39 is 16.0 Å². The molecule has 0 amide bonds. The molecule has 0 spiro atoms. The normalized spacial score (nSPS) is 23.0. The molecule has 0 bridgehead atoms. The van der Waals surface area contributed by atoms with E-state index in [9.17, 15) is 13.2 Å². The third-order valence-electron chi connectivity index (χ3n) is 3.49. The molecule has 1 aromatic rings. The number of sulfonamides is 1. The second-order valence-corrected chi connectivity index (χ2v) is 8.71. The number of hydrogen-bond acceptors (Lipinski definition) is 7. The lowest BCUT2D eigenvalue weighted by molar-refractivity contribution is 0.0590. The monoisotopic (exact) mass is 350 g/mol. The van der Waals surface area contributed by atoms with Crippen molar-refractivity contribution in [2.75, 3.05) is 13.4 Å². The molecule has 1 aromatic heterocycles. The first kappa shape index (κ1) is 16.7. The molecule has 1 aliphatic rings. The summed E-state index contributed by atoms with van der Waals surface area (Å²) in [7, 11) is -2.52. The molecule has 2 rings (SSSR count). The molecule has 0 saturated heterocycles. The molecule has 118 valence electrons. The molecule has 1 N–H and O–H groups in total. The van der Waals surface area contributed by atoms with Crippen LogP contribution >= 0.6 is 23.1 Å². The van der Waals surface area contributed by atoms with Gasteiger partial charge in [0.05, 0.1) is 12.6 Å². The van der Waals surface area contributed by atoms with Crippen LogP contribution in [0.5, 0.6) is 0 Å². The summed E-state index contributed by atoms with van der Waals surface area (Å²) in [6.45, 7) is 0. The number of nitrogens with zero attached hydrogens (tertiary/aromatic N) is 1. The van der Waals surface area contributed by atoms with Gasteiger partial charge >= 0.3 is 5.97 Å². The molecule has 0 aliphatic heterocycles. The van der Waals surface area contributed by atoms with E-state index in [2.05, 4.69) is 20.7 Å². The average molecular weight is 350 g/mol. The van der Waals surface area contributed by atoms with Crippen molar-refractivity contribution in [3.8, 4) is 0 Å². The van der Waals surface area contributed by atoms with E-state index in [1.54, 1.807) is 0 Å². The van der Waals surface area contributed by atoms with Crippen LogP contribution < -0.4 is 4.72 Å². The van der Waals surface area contributed by atoms with Crippen molar-refractivity contribution < 1.29 is 17.9 Å². The van der Waals surface area contributed by atoms with E-state index in [0.29, 0.717) is 5.25 Å². The van der Waals surface area contributed by atoms with Crippen molar-refractivity contribution >= 4 is 39.1 Å². The minimum atomic E-state index is -3.73. The highest BCUT2D eigenvalue weighted by atomic mass is 32.2. The Morgan fingerprint density at radius 1 is 1.43 bits per heavy atom. The van der Waals surface area contributed by atoms with E-state index in [1.807, 2.05) is 11.8 Å². The molecule has 9 heteroatoms. The second kappa shape index (κ2) is 7.08. The number of hydrogen-bond donors (Lipinski definition) is 1. The van der Waals surface area contributed by atoms with E-state index in [1.165, 1.54) is 12.6 Å². The standard InChI is InChI=1S/C12H18N2O4S3/c1-18-11(15)10-12(20-7-13-10)21(16,17)14-8-3-5-9(19-2)6-4-8/h7-9,14H,3-6H2,1-2H3. The molecule has 0 unspecified atom stereocenters. The molecule has 1 heterocycles. The molecule has 1 aliphatic carbocycles. The third kappa shape index (κ3) is 3.97. The Morgan fingerprint density at radius 2 is 2.10 bits per heavy atom. The number of ether oxygens (including phenoxy) is 1. The van der Waals surface area contributed by atoms with Crippen LogP contribution in [0.25, 0.3) is 0 Å². The first-order chi connectivity index (χ1) is 9.97. The SMILES string of the molecule is COC(=O)c1ncsc1S(=O)(=O)NC1CCC(SC)CC1. The van der Waals surface area contributed by atoms with Gasteiger partial charge in [-0.3, -0.25) is 0 Å². The summed E-state index contributed by atoms with van der Waals surface area (Å²) in [5.41, 5.74) is 1.19. The lowest BCUT2D eigenvalue weighted by Gasteiger charge is -2.27. The minimum Gasteiger partial charge on any atom is -0.464 e. The maximum atomic E-state index is 12.4. The van der Waals surface area contributed by atoms with Crippen LogP contribution in [0.3, 0.4) is 0 Å². The molecular formula is C12H18N2O4S3. The average Bonchev–Trinajstić information content (AvgIpc) is 2.97. The predicted octanol–water partition coefficient (Wildman–Crippen LogP) is 1.88. The summed E-state index contributed by atoms with van der Waals surface area (Å²) in [5.74, 6) is -0.734. The zero-order chi connectivity index (χ0) is 15.5. The van der Waals surface area contributed by atoms with Gasteiger partial charge < -0.3 is 4.74 Å². The first-order valence-corrected chi connectivity index (χ1v) is 10.2. The highest BCUT2D eigenvalue weighted by Crippen LogP contribution is 2.28. The van der Waals surface area contributed by atoms with Crippen molar-refractivity contribution in [3.63, 3.8) is 0 Å². The fraction of sp³-hybridized carbons (Fsp3) is 0.667. The fourth-order valence-corrected chi connectivity index (χ4v) is 5.55. The van der Waals surface area contributed by atoms with Crippen molar-refractivity contribution in [2.45, 2.75) is 41.2 Å². The number of nitrogens with one attached hydrogen (secondary N) is 1. The largest absolute Gasteiger partial charge is 0.464 e. The second-order valence-electron chi connectivity index (χ2n) is 4.81. The highest BCUT2D eigenvalue weighted by Gasteiger charge is 2.30. The maximum Gasteiger partial charge on any atom is 0.358 e. The van der Waals surface area contributed by atoms with E-state index in [0.717, 1.165) is 37.0 Å². The van der Waals surface area contributed by atoms with Gasteiger partial charge in [0.15, 0.2) is 9.90 Å². The Bertz CT molecular complexity index is 591. The lowest BCUT2D eigenvalue weighted by atomic mass is 9.96. The first-order valence-electron chi connectivity index (χ1n) is 6.55. The van der Waals surface area contributed by atoms with E-state index >= 15 is 0 Å². The number of carbonyl (C=O) groups excluding carboxylic acids is 1. The van der Waals surface area contributed by atoms with Crippen LogP contribution in [0.1, 0.15) is 36.2 Å². The van der Waals surface area contributed by atoms with Gasteiger partial charge in [0.25, 0.3) is 10.0 Å². The summed E-state index contributed by atoms with van der Waals surface area (Å²) in [4.78, 5) is 15.3. The molecule has 6 nitrogen and oxygen atoms in total. The van der Waals surface area contributed by atoms with Crippen molar-refractivity contribution in [1.29, 1.82) is 0 Å². The Balaban J connectivity index is 2.09. The smallest absolute Gasteiger partial charge is 0.358 e. The fourth-order valence-electron chi connectivity index (χ4n) is 2.35. The lowest BCUT2D eigenvalue weighted by Crippen LogP contribution is -2.38. The topological polar surface area (TPSA) is 85.4 Å². The molecule has 1 saturated carbocycles. The van der Waals surface area contributed by atoms with Gasteiger partial charge in [0.1, 0.15) is 0 Å². The van der Waals surface area contributed by atoms with Crippen LogP contribution in [0.4, 0.5) is 0 Å². The minimum absolute atomic E-state index is 0.0682. The third-order valence-corrected chi connectivity index (χ3v) is 7.52. The van der Waals surface area contributed by atoms with Gasteiger partial charge in [-0.15, -0.1) is 11.3 Å². The Hall–Kier alpha value is -0.640. The zero-order valence-corrected chi connectivity index (χ0v) is 14.3. The quantitative estimate of drug-likeness (QED) is 0.816. The molecule has 21 heavy (non-hydrogen) atoms. The van der Waals surface area contributed by atoms with Crippen molar-refractivity contribution in [1.82, 2.24) is 9.71 Å². The van der Waals surface area contributed by atoms with Crippen LogP contribution in [-0.4, -0.2) is 44.0 Å². The van der Waals surface area contributed by atoms with Gasteiger partial charge in [-0.2, -0.15) is 11.8 Å². The van der Waals surface area contributed by atoms with Gasteiger partial charge in [0, 0.05) is 11.3 Å². The Labute approximate surface area is 132 Å². The van der Waals surface area contributed by atoms with Crippen LogP contribution in [-0.2, 0) is 14.8 Å². The number of rotatable bonds is 5. The number of carbonyl (C=O) groups is 1. The van der Waals surface area contributed by atoms with E-state index in [-0.39, 0.29) is 15.9 Å². The maximum absolute atomic E-state index is 12.4. The van der Waals surface area contributed by atoms with Gasteiger partial charge in [0.2, 0.25) is 0 Å². The van der Waals surface area contributed by atoms with Gasteiger partial charge in [-0.05, 0) is 31.9 Å². The number of thioether (sulfide) groups is 1.